The van der Waals surface area contributed by atoms with Gasteiger partial charge in [0.25, 0.3) is 0 Å². The molecule has 6 nitrogen and oxygen atoms in total. The summed E-state index contributed by atoms with van der Waals surface area (Å²) in [5.41, 5.74) is 3.03. The number of aliphatic hydroxyl groups excluding tert-OH is 1. The minimum atomic E-state index is -0.545. The summed E-state index contributed by atoms with van der Waals surface area (Å²) in [5, 5.41) is 19.7. The minimum Gasteiger partial charge on any atom is -0.394 e. The lowest BCUT2D eigenvalue weighted by atomic mass is 9.74. The molecule has 1 aromatic carbocycles. The molecule has 0 aliphatic carbocycles. The fraction of sp³-hybridized carbons (Fsp3) is 0.409. The van der Waals surface area contributed by atoms with Gasteiger partial charge in [0, 0.05) is 37.4 Å². The number of nitriles is 1. The third-order valence-electron chi connectivity index (χ3n) is 5.85. The molecule has 0 bridgehead atoms. The van der Waals surface area contributed by atoms with Gasteiger partial charge in [0.15, 0.2) is 0 Å². The van der Waals surface area contributed by atoms with Gasteiger partial charge in [-0.2, -0.15) is 5.26 Å². The molecule has 0 radical (unpaired) electrons. The summed E-state index contributed by atoms with van der Waals surface area (Å²) in [5.74, 6) is -0.327. The lowest BCUT2D eigenvalue weighted by Crippen LogP contribution is -2.66. The van der Waals surface area contributed by atoms with E-state index in [4.69, 9.17) is 4.74 Å². The van der Waals surface area contributed by atoms with Gasteiger partial charge in [-0.1, -0.05) is 30.3 Å². The Kier molecular flexibility index (Phi) is 5.38. The standard InChI is InChI=1S/C22H23N3O3/c23-12-19-21(16-5-3-15(4-6-16)18-2-1-9-24-13-18)20(14-26)25(19)22(27)17-7-10-28-11-8-17/h1-6,9,13,17,19-21,26H,7-8,10-11,14H2/t19-,20+,21-/m1/s1. The van der Waals surface area contributed by atoms with Gasteiger partial charge < -0.3 is 14.7 Å². The third-order valence-corrected chi connectivity index (χ3v) is 5.85. The Morgan fingerprint density at radius 1 is 1.21 bits per heavy atom. The molecule has 0 spiro atoms. The fourth-order valence-electron chi connectivity index (χ4n) is 4.30. The number of pyridine rings is 1. The second-order valence-corrected chi connectivity index (χ2v) is 7.35. The number of ether oxygens (including phenoxy) is 1. The average molecular weight is 377 g/mol. The zero-order valence-corrected chi connectivity index (χ0v) is 15.6. The van der Waals surface area contributed by atoms with E-state index >= 15 is 0 Å². The zero-order valence-electron chi connectivity index (χ0n) is 15.6. The Labute approximate surface area is 164 Å². The van der Waals surface area contributed by atoms with Crippen LogP contribution in [0.15, 0.2) is 48.8 Å². The minimum absolute atomic E-state index is 0.0304. The quantitative estimate of drug-likeness (QED) is 0.884. The topological polar surface area (TPSA) is 86.5 Å². The van der Waals surface area contributed by atoms with Gasteiger partial charge in [0.05, 0.1) is 18.7 Å². The number of rotatable bonds is 4. The zero-order chi connectivity index (χ0) is 19.5. The third kappa shape index (κ3) is 3.28. The summed E-state index contributed by atoms with van der Waals surface area (Å²) in [4.78, 5) is 18.7. The lowest BCUT2D eigenvalue weighted by Gasteiger charge is -2.52. The summed E-state index contributed by atoms with van der Waals surface area (Å²) in [6.45, 7) is 0.997. The number of carbonyl (C=O) groups is 1. The molecule has 2 fully saturated rings. The van der Waals surface area contributed by atoms with Crippen LogP contribution in [0.3, 0.4) is 0 Å². The van der Waals surface area contributed by atoms with E-state index in [-0.39, 0.29) is 30.4 Å². The predicted octanol–water partition coefficient (Wildman–Crippen LogP) is 2.35. The van der Waals surface area contributed by atoms with Gasteiger partial charge in [-0.3, -0.25) is 9.78 Å². The second kappa shape index (κ2) is 8.09. The van der Waals surface area contributed by atoms with E-state index < -0.39 is 6.04 Å². The number of hydrogen-bond donors (Lipinski definition) is 1. The first-order chi connectivity index (χ1) is 13.7. The summed E-state index contributed by atoms with van der Waals surface area (Å²) in [6, 6.07) is 13.2. The molecule has 28 heavy (non-hydrogen) atoms. The molecule has 1 amide bonds. The van der Waals surface area contributed by atoms with Crippen molar-refractivity contribution in [3.63, 3.8) is 0 Å². The highest BCUT2D eigenvalue weighted by atomic mass is 16.5. The smallest absolute Gasteiger partial charge is 0.227 e. The van der Waals surface area contributed by atoms with E-state index in [1.165, 1.54) is 0 Å². The molecule has 144 valence electrons. The van der Waals surface area contributed by atoms with Crippen molar-refractivity contribution in [1.29, 1.82) is 5.26 Å². The van der Waals surface area contributed by atoms with Crippen molar-refractivity contribution < 1.29 is 14.6 Å². The Bertz CT molecular complexity index is 857. The first-order valence-corrected chi connectivity index (χ1v) is 9.65. The van der Waals surface area contributed by atoms with Crippen LogP contribution in [-0.4, -0.2) is 52.8 Å². The van der Waals surface area contributed by atoms with Gasteiger partial charge >= 0.3 is 0 Å². The van der Waals surface area contributed by atoms with Crippen molar-refractivity contribution in [2.75, 3.05) is 19.8 Å². The van der Waals surface area contributed by atoms with Crippen molar-refractivity contribution in [2.45, 2.75) is 30.8 Å². The van der Waals surface area contributed by atoms with Gasteiger partial charge in [-0.25, -0.2) is 0 Å². The summed E-state index contributed by atoms with van der Waals surface area (Å²) in [7, 11) is 0. The number of aromatic nitrogens is 1. The van der Waals surface area contributed by atoms with Gasteiger partial charge in [0.2, 0.25) is 5.91 Å². The molecule has 2 aliphatic heterocycles. The maximum absolute atomic E-state index is 12.9. The Morgan fingerprint density at radius 3 is 2.57 bits per heavy atom. The predicted molar refractivity (Wildman–Crippen MR) is 103 cm³/mol. The van der Waals surface area contributed by atoms with Crippen LogP contribution in [-0.2, 0) is 9.53 Å². The molecule has 2 saturated heterocycles. The fourth-order valence-corrected chi connectivity index (χ4v) is 4.30. The molecular formula is C22H23N3O3. The van der Waals surface area contributed by atoms with Crippen LogP contribution in [0.1, 0.15) is 24.3 Å². The monoisotopic (exact) mass is 377 g/mol. The molecule has 4 rings (SSSR count). The molecule has 2 aromatic rings. The largest absolute Gasteiger partial charge is 0.394 e. The van der Waals surface area contributed by atoms with Crippen LogP contribution in [0.25, 0.3) is 11.1 Å². The van der Waals surface area contributed by atoms with Crippen molar-refractivity contribution >= 4 is 5.91 Å². The summed E-state index contributed by atoms with van der Waals surface area (Å²) in [6.07, 6.45) is 4.90. The van der Waals surface area contributed by atoms with Crippen LogP contribution in [0, 0.1) is 17.2 Å². The van der Waals surface area contributed by atoms with Crippen molar-refractivity contribution in [3.05, 3.63) is 54.4 Å². The lowest BCUT2D eigenvalue weighted by molar-refractivity contribution is -0.154. The van der Waals surface area contributed by atoms with Crippen molar-refractivity contribution in [1.82, 2.24) is 9.88 Å². The summed E-state index contributed by atoms with van der Waals surface area (Å²) >= 11 is 0. The normalized spacial score (nSPS) is 25.0. The number of aliphatic hydroxyl groups is 1. The molecule has 6 heteroatoms. The van der Waals surface area contributed by atoms with E-state index in [2.05, 4.69) is 11.1 Å². The first-order valence-electron chi connectivity index (χ1n) is 9.65. The number of benzene rings is 1. The molecule has 3 heterocycles. The maximum Gasteiger partial charge on any atom is 0.227 e. The second-order valence-electron chi connectivity index (χ2n) is 7.35. The number of nitrogens with zero attached hydrogens (tertiary/aromatic N) is 3. The summed E-state index contributed by atoms with van der Waals surface area (Å²) < 4.78 is 5.34. The van der Waals surface area contributed by atoms with E-state index in [0.717, 1.165) is 16.7 Å². The van der Waals surface area contributed by atoms with Crippen LogP contribution in [0.4, 0.5) is 0 Å². The highest BCUT2D eigenvalue weighted by molar-refractivity contribution is 5.81. The SMILES string of the molecule is N#C[C@@H]1[C@@H](c2ccc(-c3cccnc3)cc2)[C@H](CO)N1C(=O)C1CCOCC1. The van der Waals surface area contributed by atoms with Gasteiger partial charge in [-0.05, 0) is 35.6 Å². The van der Waals surface area contributed by atoms with Gasteiger partial charge in [-0.15, -0.1) is 0 Å². The van der Waals surface area contributed by atoms with Crippen molar-refractivity contribution in [2.24, 2.45) is 5.92 Å². The molecule has 2 aliphatic rings. The van der Waals surface area contributed by atoms with E-state index in [9.17, 15) is 15.2 Å². The van der Waals surface area contributed by atoms with Crippen LogP contribution < -0.4 is 0 Å². The first kappa shape index (κ1) is 18.6. The Balaban J connectivity index is 1.54. The van der Waals surface area contributed by atoms with E-state index in [1.807, 2.05) is 36.4 Å². The number of carbonyl (C=O) groups excluding carboxylic acids is 1. The number of hydrogen-bond acceptors (Lipinski definition) is 5. The molecule has 1 N–H and O–H groups in total. The maximum atomic E-state index is 12.9. The Morgan fingerprint density at radius 2 is 1.96 bits per heavy atom. The Hall–Kier alpha value is -2.75. The number of amides is 1. The van der Waals surface area contributed by atoms with Crippen LogP contribution in [0.5, 0.6) is 0 Å². The van der Waals surface area contributed by atoms with Crippen LogP contribution in [0.2, 0.25) is 0 Å². The van der Waals surface area contributed by atoms with Crippen molar-refractivity contribution in [3.8, 4) is 17.2 Å². The molecular weight excluding hydrogens is 354 g/mol. The molecule has 1 aromatic heterocycles. The van der Waals surface area contributed by atoms with E-state index in [0.29, 0.717) is 26.1 Å². The highest BCUT2D eigenvalue weighted by Crippen LogP contribution is 2.42. The van der Waals surface area contributed by atoms with Crippen LogP contribution >= 0.6 is 0 Å². The molecule has 3 atom stereocenters. The van der Waals surface area contributed by atoms with E-state index in [1.54, 1.807) is 17.3 Å². The van der Waals surface area contributed by atoms with Gasteiger partial charge in [0.1, 0.15) is 6.04 Å². The highest BCUT2D eigenvalue weighted by Gasteiger charge is 2.52. The molecule has 0 unspecified atom stereocenters. The molecule has 0 saturated carbocycles. The number of likely N-dealkylation sites (tertiary alicyclic amines) is 1. The average Bonchev–Trinajstić information content (AvgIpc) is 2.75.